The molecule has 0 amide bonds. The molecule has 4 aliphatic carbocycles. The van der Waals surface area contributed by atoms with Gasteiger partial charge in [0.1, 0.15) is 6.10 Å². The van der Waals surface area contributed by atoms with Crippen LogP contribution >= 0.6 is 0 Å². The molecule has 0 heterocycles. The number of nitrogens with zero attached hydrogens (tertiary/aromatic N) is 3. The lowest BCUT2D eigenvalue weighted by atomic mass is 9.41. The summed E-state index contributed by atoms with van der Waals surface area (Å²) in [6.45, 7) is 13.4. The van der Waals surface area contributed by atoms with Crippen LogP contribution in [-0.4, -0.2) is 28.8 Å². The maximum absolute atomic E-state index is 11.7. The molecular formula is C29H49N3O3. The Morgan fingerprint density at radius 2 is 1.86 bits per heavy atom. The minimum Gasteiger partial charge on any atom is -0.463 e. The number of aliphatic hydroxyl groups excluding tert-OH is 1. The number of hydrogen-bond acceptors (Lipinski definition) is 4. The van der Waals surface area contributed by atoms with Crippen LogP contribution in [0.25, 0.3) is 10.4 Å². The first kappa shape index (κ1) is 26.8. The van der Waals surface area contributed by atoms with Crippen molar-refractivity contribution in [2.24, 2.45) is 51.5 Å². The van der Waals surface area contributed by atoms with Crippen molar-refractivity contribution >= 4 is 5.97 Å². The number of carbonyl (C=O) groups excluding carboxylic acids is 1. The van der Waals surface area contributed by atoms with Gasteiger partial charge in [-0.25, -0.2) is 0 Å². The van der Waals surface area contributed by atoms with Gasteiger partial charge in [-0.2, -0.15) is 0 Å². The van der Waals surface area contributed by atoms with E-state index in [1.807, 2.05) is 0 Å². The third kappa shape index (κ3) is 4.41. The van der Waals surface area contributed by atoms with Crippen molar-refractivity contribution in [2.75, 3.05) is 0 Å². The molecule has 6 nitrogen and oxygen atoms in total. The summed E-state index contributed by atoms with van der Waals surface area (Å²) in [5, 5.41) is 16.1. The average molecular weight is 488 g/mol. The summed E-state index contributed by atoms with van der Waals surface area (Å²) in [6.07, 6.45) is 10.8. The van der Waals surface area contributed by atoms with Gasteiger partial charge in [0.2, 0.25) is 0 Å². The lowest BCUT2D eigenvalue weighted by Crippen LogP contribution is -2.67. The van der Waals surface area contributed by atoms with Crippen molar-refractivity contribution in [3.05, 3.63) is 10.4 Å². The second-order valence-corrected chi connectivity index (χ2v) is 13.7. The quantitative estimate of drug-likeness (QED) is 0.175. The third-order valence-electron chi connectivity index (χ3n) is 11.6. The van der Waals surface area contributed by atoms with Gasteiger partial charge < -0.3 is 9.84 Å². The lowest BCUT2D eigenvalue weighted by molar-refractivity contribution is -0.192. The van der Waals surface area contributed by atoms with Crippen LogP contribution in [0, 0.1) is 46.3 Å². The molecule has 4 rings (SSSR count). The Morgan fingerprint density at radius 3 is 2.51 bits per heavy atom. The molecule has 198 valence electrons. The van der Waals surface area contributed by atoms with E-state index in [9.17, 15) is 15.4 Å². The van der Waals surface area contributed by atoms with Crippen molar-refractivity contribution in [1.29, 1.82) is 0 Å². The molecule has 0 unspecified atom stereocenters. The molecule has 0 bridgehead atoms. The van der Waals surface area contributed by atoms with Crippen molar-refractivity contribution in [3.8, 4) is 0 Å². The Balaban J connectivity index is 1.58. The summed E-state index contributed by atoms with van der Waals surface area (Å²) in [7, 11) is 0. The van der Waals surface area contributed by atoms with Crippen LogP contribution in [-0.2, 0) is 9.53 Å². The van der Waals surface area contributed by atoms with Gasteiger partial charge in [-0.05, 0) is 103 Å². The first-order valence-electron chi connectivity index (χ1n) is 14.4. The summed E-state index contributed by atoms with van der Waals surface area (Å²) in [4.78, 5) is 14.9. The Labute approximate surface area is 212 Å². The fraction of sp³-hybridized carbons (Fsp3) is 0.966. The van der Waals surface area contributed by atoms with Gasteiger partial charge in [-0.3, -0.25) is 4.79 Å². The van der Waals surface area contributed by atoms with Crippen LogP contribution in [0.4, 0.5) is 0 Å². The molecule has 4 fully saturated rings. The topological polar surface area (TPSA) is 95.3 Å². The van der Waals surface area contributed by atoms with Crippen molar-refractivity contribution in [1.82, 2.24) is 0 Å². The number of azide groups is 1. The molecule has 6 heteroatoms. The second kappa shape index (κ2) is 9.89. The summed E-state index contributed by atoms with van der Waals surface area (Å²) in [5.74, 6) is 3.57. The number of rotatable bonds is 7. The van der Waals surface area contributed by atoms with Gasteiger partial charge in [0.05, 0.1) is 11.6 Å². The van der Waals surface area contributed by atoms with E-state index in [1.165, 1.54) is 45.4 Å². The molecule has 4 saturated carbocycles. The predicted octanol–water partition coefficient (Wildman–Crippen LogP) is 7.44. The van der Waals surface area contributed by atoms with E-state index in [0.717, 1.165) is 37.0 Å². The van der Waals surface area contributed by atoms with E-state index in [-0.39, 0.29) is 17.5 Å². The van der Waals surface area contributed by atoms with Crippen LogP contribution in [0.3, 0.4) is 0 Å². The first-order valence-corrected chi connectivity index (χ1v) is 14.4. The van der Waals surface area contributed by atoms with Crippen LogP contribution < -0.4 is 0 Å². The highest BCUT2D eigenvalue weighted by molar-refractivity contribution is 5.66. The van der Waals surface area contributed by atoms with Gasteiger partial charge >= 0.3 is 5.97 Å². The summed E-state index contributed by atoms with van der Waals surface area (Å²) >= 11 is 0. The SMILES string of the molecule is CC(=O)O[C@H]1CC[C@]2(C)[C@H]3CC[C@]4(C)[C@@H]([C@H](C)CCCC(C)C)CC[C@H]4[C@@H]3C[C@@H](O)[C@@]2(N=[N+]=[N-])C1. The van der Waals surface area contributed by atoms with Crippen molar-refractivity contribution < 1.29 is 14.6 Å². The lowest BCUT2D eigenvalue weighted by Gasteiger charge is -2.66. The maximum Gasteiger partial charge on any atom is 0.302 e. The zero-order chi connectivity index (χ0) is 25.6. The zero-order valence-corrected chi connectivity index (χ0v) is 23.0. The average Bonchev–Trinajstić information content (AvgIpc) is 3.12. The predicted molar refractivity (Wildman–Crippen MR) is 138 cm³/mol. The van der Waals surface area contributed by atoms with Gasteiger partial charge in [0.25, 0.3) is 0 Å². The highest BCUT2D eigenvalue weighted by Crippen LogP contribution is 2.70. The van der Waals surface area contributed by atoms with Gasteiger partial charge in [0.15, 0.2) is 0 Å². The summed E-state index contributed by atoms with van der Waals surface area (Å²) in [5.41, 5.74) is 8.77. The molecule has 1 N–H and O–H groups in total. The zero-order valence-electron chi connectivity index (χ0n) is 23.0. The molecule has 35 heavy (non-hydrogen) atoms. The number of hydrogen-bond donors (Lipinski definition) is 1. The van der Waals surface area contributed by atoms with Crippen LogP contribution in [0.5, 0.6) is 0 Å². The van der Waals surface area contributed by atoms with E-state index in [2.05, 4.69) is 44.6 Å². The van der Waals surface area contributed by atoms with E-state index >= 15 is 0 Å². The second-order valence-electron chi connectivity index (χ2n) is 13.7. The molecule has 0 aromatic heterocycles. The Hall–Kier alpha value is -1.26. The number of esters is 1. The Kier molecular flexibility index (Phi) is 7.57. The highest BCUT2D eigenvalue weighted by Gasteiger charge is 2.68. The molecule has 0 aromatic rings. The third-order valence-corrected chi connectivity index (χ3v) is 11.6. The minimum absolute atomic E-state index is 0.263. The van der Waals surface area contributed by atoms with Crippen LogP contribution in [0.15, 0.2) is 5.11 Å². The molecule has 4 aliphatic rings. The summed E-state index contributed by atoms with van der Waals surface area (Å²) < 4.78 is 5.58. The fourth-order valence-electron chi connectivity index (χ4n) is 9.90. The van der Waals surface area contributed by atoms with Crippen LogP contribution in [0.2, 0.25) is 0 Å². The molecular weight excluding hydrogens is 438 g/mol. The molecule has 10 atom stereocenters. The first-order chi connectivity index (χ1) is 16.5. The van der Waals surface area contributed by atoms with Crippen molar-refractivity contribution in [2.45, 2.75) is 130 Å². The normalized spacial score (nSPS) is 45.6. The standard InChI is InChI=1S/C29H49N3O3/c1-18(2)8-7-9-19(3)23-10-11-24-22-16-26(34)29(31-32-30)17-21(35-20(4)33)12-15-28(29,6)25(22)13-14-27(23,24)5/h18-19,21-26,34H,7-17H2,1-6H3/t19-,21+,22+,23-,24+,25+,26-,27-,28-,29+/m1/s1. The smallest absolute Gasteiger partial charge is 0.302 e. The summed E-state index contributed by atoms with van der Waals surface area (Å²) in [6, 6.07) is 0. The Bertz CT molecular complexity index is 841. The van der Waals surface area contributed by atoms with Gasteiger partial charge in [-0.15, -0.1) is 0 Å². The monoisotopic (exact) mass is 487 g/mol. The van der Waals surface area contributed by atoms with E-state index in [0.29, 0.717) is 36.0 Å². The van der Waals surface area contributed by atoms with Crippen LogP contribution in [0.1, 0.15) is 112 Å². The largest absolute Gasteiger partial charge is 0.463 e. The van der Waals surface area contributed by atoms with Crippen molar-refractivity contribution in [3.63, 3.8) is 0 Å². The maximum atomic E-state index is 11.7. The van der Waals surface area contributed by atoms with E-state index in [4.69, 9.17) is 4.74 Å². The Morgan fingerprint density at radius 1 is 1.11 bits per heavy atom. The van der Waals surface area contributed by atoms with Gasteiger partial charge in [-0.1, -0.05) is 59.0 Å². The molecule has 0 radical (unpaired) electrons. The highest BCUT2D eigenvalue weighted by atomic mass is 16.5. The minimum atomic E-state index is -0.892. The molecule has 0 saturated heterocycles. The number of aliphatic hydroxyl groups is 1. The fourth-order valence-corrected chi connectivity index (χ4v) is 9.90. The number of fused-ring (bicyclic) bond motifs is 5. The molecule has 0 aromatic carbocycles. The number of carbonyl (C=O) groups is 1. The van der Waals surface area contributed by atoms with E-state index in [1.54, 1.807) is 0 Å². The van der Waals surface area contributed by atoms with Gasteiger partial charge in [0, 0.05) is 11.8 Å². The molecule has 0 spiro atoms. The number of ether oxygens (including phenoxy) is 1. The molecule has 0 aliphatic heterocycles. The van der Waals surface area contributed by atoms with E-state index < -0.39 is 11.6 Å².